The lowest BCUT2D eigenvalue weighted by molar-refractivity contribution is 0.316. The molecule has 3 N–H and O–H groups in total. The fraction of sp³-hybridized carbons (Fsp3) is 0.583. The van der Waals surface area contributed by atoms with E-state index in [-0.39, 0.29) is 5.95 Å². The zero-order valence-corrected chi connectivity index (χ0v) is 20.5. The average molecular weight is 487 g/mol. The van der Waals surface area contributed by atoms with Crippen LogP contribution in [0.1, 0.15) is 61.6 Å². The van der Waals surface area contributed by atoms with Gasteiger partial charge in [-0.2, -0.15) is 4.98 Å². The molecule has 3 aliphatic rings. The first-order chi connectivity index (χ1) is 16.5. The molecule has 10 heteroatoms. The van der Waals surface area contributed by atoms with Gasteiger partial charge in [-0.05, 0) is 62.4 Å². The first-order valence-corrected chi connectivity index (χ1v) is 13.8. The topological polar surface area (TPSA) is 108 Å². The molecule has 3 heterocycles. The van der Waals surface area contributed by atoms with Crippen LogP contribution < -0.4 is 20.2 Å². The predicted molar refractivity (Wildman–Crippen MR) is 132 cm³/mol. The Labute approximate surface area is 201 Å². The quantitative estimate of drug-likeness (QED) is 0.548. The van der Waals surface area contributed by atoms with Crippen molar-refractivity contribution in [3.05, 3.63) is 41.6 Å². The number of nitrogens with zero attached hydrogens (tertiary/aromatic N) is 3. The first kappa shape index (κ1) is 23.5. The Morgan fingerprint density at radius 2 is 1.76 bits per heavy atom. The van der Waals surface area contributed by atoms with Crippen molar-refractivity contribution in [1.29, 1.82) is 0 Å². The summed E-state index contributed by atoms with van der Waals surface area (Å²) in [5.74, 6) is 2.01. The van der Waals surface area contributed by atoms with Crippen molar-refractivity contribution < 1.29 is 13.2 Å². The normalized spacial score (nSPS) is 22.8. The summed E-state index contributed by atoms with van der Waals surface area (Å²) < 4.78 is 34.6. The van der Waals surface area contributed by atoms with Gasteiger partial charge < -0.3 is 10.1 Å². The summed E-state index contributed by atoms with van der Waals surface area (Å²) in [6.07, 6.45) is 6.70. The summed E-state index contributed by atoms with van der Waals surface area (Å²) in [7, 11) is -1.81. The summed E-state index contributed by atoms with van der Waals surface area (Å²) in [5.41, 5.74) is 5.20. The number of ether oxygens (including phenoxy) is 1. The zero-order chi connectivity index (χ0) is 23.5. The Hall–Kier alpha value is -2.27. The van der Waals surface area contributed by atoms with Crippen LogP contribution in [0.3, 0.4) is 0 Å². The fourth-order valence-electron chi connectivity index (χ4n) is 5.17. The van der Waals surface area contributed by atoms with Crippen LogP contribution in [0.2, 0.25) is 0 Å². The molecule has 1 unspecified atom stereocenters. The molecule has 3 fully saturated rings. The molecule has 0 spiro atoms. The van der Waals surface area contributed by atoms with Crippen LogP contribution in [0, 0.1) is 0 Å². The molecular formula is C24H34N6O3S. The molecule has 2 saturated heterocycles. The lowest BCUT2D eigenvalue weighted by Gasteiger charge is -2.23. The number of benzene rings is 1. The second-order valence-corrected chi connectivity index (χ2v) is 11.6. The van der Waals surface area contributed by atoms with Crippen molar-refractivity contribution in [3.63, 3.8) is 0 Å². The van der Waals surface area contributed by atoms with Crippen LogP contribution in [0.4, 0.5) is 5.95 Å². The van der Waals surface area contributed by atoms with E-state index in [0.29, 0.717) is 36.6 Å². The first-order valence-electron chi connectivity index (χ1n) is 12.3. The van der Waals surface area contributed by atoms with Crippen LogP contribution in [-0.4, -0.2) is 61.9 Å². The van der Waals surface area contributed by atoms with Crippen LogP contribution in [0.15, 0.2) is 30.3 Å². The van der Waals surface area contributed by atoms with Crippen LogP contribution in [-0.2, 0) is 10.0 Å². The Bertz CT molecular complexity index is 1080. The molecule has 0 bridgehead atoms. The van der Waals surface area contributed by atoms with Crippen molar-refractivity contribution in [2.45, 2.75) is 55.6 Å². The van der Waals surface area contributed by atoms with E-state index in [9.17, 15) is 8.42 Å². The minimum atomic E-state index is -3.63. The highest BCUT2D eigenvalue weighted by atomic mass is 32.2. The van der Waals surface area contributed by atoms with Gasteiger partial charge in [-0.3, -0.25) is 10.1 Å². The number of hydrazine groups is 1. The largest absolute Gasteiger partial charge is 0.439 e. The van der Waals surface area contributed by atoms with E-state index in [1.807, 2.05) is 25.2 Å². The van der Waals surface area contributed by atoms with Crippen molar-refractivity contribution in [3.8, 4) is 11.6 Å². The Morgan fingerprint density at radius 3 is 2.44 bits per heavy atom. The number of hydrogen-bond donors (Lipinski definition) is 3. The highest BCUT2D eigenvalue weighted by Gasteiger charge is 2.32. The van der Waals surface area contributed by atoms with Gasteiger partial charge in [0.2, 0.25) is 21.9 Å². The smallest absolute Gasteiger partial charge is 0.240 e. The maximum absolute atomic E-state index is 12.9. The third-order valence-electron chi connectivity index (χ3n) is 7.15. The molecule has 0 amide bonds. The highest BCUT2D eigenvalue weighted by molar-refractivity contribution is 7.93. The summed E-state index contributed by atoms with van der Waals surface area (Å²) in [6.45, 7) is 2.88. The molecule has 184 valence electrons. The van der Waals surface area contributed by atoms with E-state index in [1.54, 1.807) is 5.01 Å². The zero-order valence-electron chi connectivity index (χ0n) is 19.7. The molecule has 9 nitrogen and oxygen atoms in total. The maximum atomic E-state index is 12.9. The number of rotatable bonds is 7. The molecule has 1 aliphatic carbocycles. The molecule has 5 rings (SSSR count). The number of sulfonamides is 1. The summed E-state index contributed by atoms with van der Waals surface area (Å²) in [5, 5.41) is 4.62. The van der Waals surface area contributed by atoms with Gasteiger partial charge in [0.25, 0.3) is 0 Å². The highest BCUT2D eigenvalue weighted by Crippen LogP contribution is 2.35. The van der Waals surface area contributed by atoms with Gasteiger partial charge in [0.1, 0.15) is 11.0 Å². The molecule has 1 aromatic carbocycles. The lowest BCUT2D eigenvalue weighted by atomic mass is 9.90. The Balaban J connectivity index is 1.36. The van der Waals surface area contributed by atoms with E-state index >= 15 is 0 Å². The molecule has 1 atom stereocenters. The number of piperidine rings is 1. The molecule has 2 aromatic rings. The van der Waals surface area contributed by atoms with Crippen molar-refractivity contribution in [2.75, 3.05) is 37.9 Å². The van der Waals surface area contributed by atoms with Crippen molar-refractivity contribution >= 4 is 16.0 Å². The molecule has 0 radical (unpaired) electrons. The van der Waals surface area contributed by atoms with Gasteiger partial charge >= 0.3 is 0 Å². The van der Waals surface area contributed by atoms with E-state index in [0.717, 1.165) is 57.3 Å². The molecule has 34 heavy (non-hydrogen) atoms. The molecular weight excluding hydrogens is 452 g/mol. The number of anilines is 1. The molecule has 1 aromatic heterocycles. The maximum Gasteiger partial charge on any atom is 0.240 e. The van der Waals surface area contributed by atoms with Crippen LogP contribution >= 0.6 is 0 Å². The van der Waals surface area contributed by atoms with Crippen molar-refractivity contribution in [2.24, 2.45) is 0 Å². The number of aromatic nitrogens is 2. The number of nitrogens with one attached hydrogen (secondary N) is 3. The van der Waals surface area contributed by atoms with E-state index in [4.69, 9.17) is 4.74 Å². The second kappa shape index (κ2) is 10.2. The second-order valence-electron chi connectivity index (χ2n) is 9.64. The SMILES string of the molecule is CN1CC(S(=O)(=O)Nc2nc(Oc3ccc(C4CCNCC4)cc3)cc(C3CCCC3)n2)CN1. The summed E-state index contributed by atoms with van der Waals surface area (Å²) in [6, 6.07) is 10.0. The van der Waals surface area contributed by atoms with E-state index in [1.165, 1.54) is 5.56 Å². The van der Waals surface area contributed by atoms with Gasteiger partial charge in [-0.25, -0.2) is 18.4 Å². The minimum absolute atomic E-state index is 0.0836. The third-order valence-corrected chi connectivity index (χ3v) is 8.81. The summed E-state index contributed by atoms with van der Waals surface area (Å²) in [4.78, 5) is 9.01. The van der Waals surface area contributed by atoms with Gasteiger partial charge in [0.15, 0.2) is 0 Å². The monoisotopic (exact) mass is 486 g/mol. The summed E-state index contributed by atoms with van der Waals surface area (Å²) >= 11 is 0. The van der Waals surface area contributed by atoms with E-state index < -0.39 is 15.3 Å². The lowest BCUT2D eigenvalue weighted by Crippen LogP contribution is -2.32. The number of hydrogen-bond acceptors (Lipinski definition) is 8. The molecule has 2 aliphatic heterocycles. The third kappa shape index (κ3) is 5.51. The standard InChI is InChI=1S/C24H34N6O3S/c1-30-16-21(15-26-30)34(31,32)29-24-27-22(19-4-2-3-5-19)14-23(28-24)33-20-8-6-17(7-9-20)18-10-12-25-13-11-18/h6-9,14,18-19,21,25-26H,2-5,10-13,15-16H2,1H3,(H,27,28,29). The van der Waals surface area contributed by atoms with Gasteiger partial charge in [0.05, 0.1) is 5.69 Å². The fourth-order valence-corrected chi connectivity index (χ4v) is 6.39. The predicted octanol–water partition coefficient (Wildman–Crippen LogP) is 2.95. The van der Waals surface area contributed by atoms with Gasteiger partial charge in [-0.1, -0.05) is 25.0 Å². The van der Waals surface area contributed by atoms with Crippen molar-refractivity contribution in [1.82, 2.24) is 25.7 Å². The van der Waals surface area contributed by atoms with Crippen LogP contribution in [0.25, 0.3) is 0 Å². The molecule has 1 saturated carbocycles. The Kier molecular flexibility index (Phi) is 7.01. The Morgan fingerprint density at radius 1 is 1.03 bits per heavy atom. The van der Waals surface area contributed by atoms with Crippen LogP contribution in [0.5, 0.6) is 11.6 Å². The minimum Gasteiger partial charge on any atom is -0.439 e. The van der Waals surface area contributed by atoms with Gasteiger partial charge in [-0.15, -0.1) is 0 Å². The van der Waals surface area contributed by atoms with Gasteiger partial charge in [0, 0.05) is 32.1 Å². The average Bonchev–Trinajstić information content (AvgIpc) is 3.52. The van der Waals surface area contributed by atoms with E-state index in [2.05, 4.69) is 37.6 Å².